The normalized spacial score (nSPS) is 19.2. The van der Waals surface area contributed by atoms with E-state index < -0.39 is 20.8 Å². The summed E-state index contributed by atoms with van der Waals surface area (Å²) >= 11 is 0. The summed E-state index contributed by atoms with van der Waals surface area (Å²) in [7, 11) is -4.49. The minimum Gasteiger partial charge on any atom is -0.447 e. The zero-order chi connectivity index (χ0) is 13.2. The zero-order valence-corrected chi connectivity index (χ0v) is 11.9. The third kappa shape index (κ3) is 2.84. The Morgan fingerprint density at radius 1 is 1.33 bits per heavy atom. The molecule has 0 unspecified atom stereocenters. The van der Waals surface area contributed by atoms with Crippen LogP contribution in [-0.4, -0.2) is 35.8 Å². The molecule has 1 aromatic heterocycles. The van der Waals surface area contributed by atoms with E-state index >= 15 is 0 Å². The van der Waals surface area contributed by atoms with Crippen LogP contribution < -0.4 is 0 Å². The van der Waals surface area contributed by atoms with Crippen molar-refractivity contribution in [3.63, 3.8) is 0 Å². The molecule has 2 rings (SSSR count). The molecule has 1 aliphatic rings. The first-order chi connectivity index (χ1) is 8.54. The van der Waals surface area contributed by atoms with Crippen molar-refractivity contribution in [3.05, 3.63) is 17.9 Å². The Kier molecular flexibility index (Phi) is 4.24. The van der Waals surface area contributed by atoms with Gasteiger partial charge in [0.25, 0.3) is 10.0 Å². The maximum absolute atomic E-state index is 12.2. The summed E-state index contributed by atoms with van der Waals surface area (Å²) < 4.78 is 42.5. The quantitative estimate of drug-likeness (QED) is 0.821. The predicted octanol–water partition coefficient (Wildman–Crippen LogP) is 1.33. The summed E-state index contributed by atoms with van der Waals surface area (Å²) in [4.78, 5) is 0. The molecule has 0 spiro atoms. The Balaban J connectivity index is 2.16. The molecule has 0 amide bonds. The highest BCUT2D eigenvalue weighted by atomic mass is 32.2. The first kappa shape index (κ1) is 13.8. The topological polar surface area (TPSA) is 67.6 Å². The molecule has 2 heterocycles. The van der Waals surface area contributed by atoms with E-state index in [4.69, 9.17) is 4.42 Å². The minimum absolute atomic E-state index is 0.0347. The molecule has 0 saturated carbocycles. The molecule has 0 bridgehead atoms. The molecule has 0 aliphatic carbocycles. The highest BCUT2D eigenvalue weighted by molar-refractivity contribution is 7.89. The average Bonchev–Trinajstić information content (AvgIpc) is 2.99. The zero-order valence-electron chi connectivity index (χ0n) is 10.3. The van der Waals surface area contributed by atoms with Gasteiger partial charge in [-0.2, -0.15) is 4.31 Å². The Hall–Kier alpha value is -0.660. The lowest BCUT2D eigenvalue weighted by atomic mass is 10.4. The van der Waals surface area contributed by atoms with Crippen molar-refractivity contribution < 1.29 is 17.0 Å². The van der Waals surface area contributed by atoms with Gasteiger partial charge in [-0.1, -0.05) is 6.92 Å². The smallest absolute Gasteiger partial charge is 0.276 e. The van der Waals surface area contributed by atoms with Gasteiger partial charge in [-0.3, -0.25) is 4.21 Å². The molecule has 5 nitrogen and oxygen atoms in total. The summed E-state index contributed by atoms with van der Waals surface area (Å²) in [6.07, 6.45) is 1.79. The molecule has 0 aromatic carbocycles. The van der Waals surface area contributed by atoms with E-state index in [0.717, 1.165) is 12.8 Å². The van der Waals surface area contributed by atoms with Crippen LogP contribution in [0.5, 0.6) is 0 Å². The van der Waals surface area contributed by atoms with Crippen LogP contribution in [0.15, 0.2) is 21.6 Å². The van der Waals surface area contributed by atoms with Crippen LogP contribution in [0.3, 0.4) is 0 Å². The average molecular weight is 291 g/mol. The van der Waals surface area contributed by atoms with E-state index in [1.54, 1.807) is 6.07 Å². The molecule has 1 aromatic rings. The molecule has 7 heteroatoms. The number of hydrogen-bond acceptors (Lipinski definition) is 4. The molecule has 18 heavy (non-hydrogen) atoms. The minimum atomic E-state index is -3.49. The van der Waals surface area contributed by atoms with Gasteiger partial charge in [0, 0.05) is 29.6 Å². The van der Waals surface area contributed by atoms with Gasteiger partial charge in [0.05, 0.1) is 5.75 Å². The maximum Gasteiger partial charge on any atom is 0.276 e. The van der Waals surface area contributed by atoms with Gasteiger partial charge in [0.2, 0.25) is 5.09 Å². The van der Waals surface area contributed by atoms with Gasteiger partial charge in [-0.15, -0.1) is 0 Å². The second kappa shape index (κ2) is 5.54. The summed E-state index contributed by atoms with van der Waals surface area (Å²) in [6.45, 7) is 2.93. The van der Waals surface area contributed by atoms with Crippen LogP contribution in [0, 0.1) is 0 Å². The van der Waals surface area contributed by atoms with Crippen LogP contribution in [0.25, 0.3) is 0 Å². The van der Waals surface area contributed by atoms with E-state index in [1.807, 2.05) is 6.92 Å². The lowest BCUT2D eigenvalue weighted by molar-refractivity contribution is 0.396. The summed E-state index contributed by atoms with van der Waals surface area (Å²) in [5.74, 6) is 1.27. The molecular weight excluding hydrogens is 274 g/mol. The molecule has 1 aliphatic heterocycles. The highest BCUT2D eigenvalue weighted by Crippen LogP contribution is 2.23. The predicted molar refractivity (Wildman–Crippen MR) is 69.1 cm³/mol. The van der Waals surface area contributed by atoms with Gasteiger partial charge >= 0.3 is 0 Å². The summed E-state index contributed by atoms with van der Waals surface area (Å²) in [5.41, 5.74) is 0. The third-order valence-electron chi connectivity index (χ3n) is 2.92. The van der Waals surface area contributed by atoms with Crippen molar-refractivity contribution in [1.29, 1.82) is 0 Å². The van der Waals surface area contributed by atoms with Crippen LogP contribution in [0.1, 0.15) is 25.5 Å². The largest absolute Gasteiger partial charge is 0.447 e. The van der Waals surface area contributed by atoms with E-state index in [2.05, 4.69) is 0 Å². The second-order valence-corrected chi connectivity index (χ2v) is 7.82. The first-order valence-corrected chi connectivity index (χ1v) is 8.90. The van der Waals surface area contributed by atoms with E-state index in [0.29, 0.717) is 24.6 Å². The lowest BCUT2D eigenvalue weighted by Crippen LogP contribution is -2.27. The lowest BCUT2D eigenvalue weighted by Gasteiger charge is -2.12. The standard InChI is InChI=1S/C11H17NO4S2/c1-2-17(13)9-10-5-6-11(16-10)18(14,15)12-7-3-4-8-12/h5-6H,2-4,7-9H2,1H3/t17-/m1/s1. The van der Waals surface area contributed by atoms with Crippen LogP contribution in [0.4, 0.5) is 0 Å². The number of hydrogen-bond donors (Lipinski definition) is 0. The summed E-state index contributed by atoms with van der Waals surface area (Å²) in [5, 5.41) is -0.0347. The highest BCUT2D eigenvalue weighted by Gasteiger charge is 2.29. The fourth-order valence-electron chi connectivity index (χ4n) is 1.89. The van der Waals surface area contributed by atoms with Crippen molar-refractivity contribution in [1.82, 2.24) is 4.31 Å². The molecular formula is C11H17NO4S2. The molecule has 0 radical (unpaired) electrons. The monoisotopic (exact) mass is 291 g/mol. The van der Waals surface area contributed by atoms with Gasteiger partial charge in [-0.25, -0.2) is 8.42 Å². The van der Waals surface area contributed by atoms with Crippen molar-refractivity contribution in [3.8, 4) is 0 Å². The van der Waals surface area contributed by atoms with E-state index in [9.17, 15) is 12.6 Å². The molecule has 1 saturated heterocycles. The van der Waals surface area contributed by atoms with Crippen LogP contribution in [0.2, 0.25) is 0 Å². The van der Waals surface area contributed by atoms with Crippen LogP contribution in [-0.2, 0) is 26.6 Å². The second-order valence-electron chi connectivity index (χ2n) is 4.20. The number of furan rings is 1. The fraction of sp³-hybridized carbons (Fsp3) is 0.636. The number of sulfonamides is 1. The van der Waals surface area contributed by atoms with Gasteiger partial charge in [0.1, 0.15) is 5.76 Å². The first-order valence-electron chi connectivity index (χ1n) is 5.98. The van der Waals surface area contributed by atoms with Crippen LogP contribution >= 0.6 is 0 Å². The van der Waals surface area contributed by atoms with Crippen molar-refractivity contribution in [2.45, 2.75) is 30.6 Å². The van der Waals surface area contributed by atoms with E-state index in [-0.39, 0.29) is 10.8 Å². The molecule has 102 valence electrons. The Morgan fingerprint density at radius 2 is 2.00 bits per heavy atom. The Bertz CT molecular complexity index is 529. The van der Waals surface area contributed by atoms with Crippen molar-refractivity contribution in [2.75, 3.05) is 18.8 Å². The van der Waals surface area contributed by atoms with Gasteiger partial charge < -0.3 is 4.42 Å². The maximum atomic E-state index is 12.2. The van der Waals surface area contributed by atoms with Gasteiger partial charge in [-0.05, 0) is 25.0 Å². The third-order valence-corrected chi connectivity index (χ3v) is 5.94. The van der Waals surface area contributed by atoms with Crippen molar-refractivity contribution >= 4 is 20.8 Å². The van der Waals surface area contributed by atoms with Gasteiger partial charge in [0.15, 0.2) is 0 Å². The SMILES string of the molecule is CC[S@@](=O)Cc1ccc(S(=O)(=O)N2CCCC2)o1. The molecule has 1 atom stereocenters. The number of nitrogens with zero attached hydrogens (tertiary/aromatic N) is 1. The van der Waals surface area contributed by atoms with E-state index in [1.165, 1.54) is 10.4 Å². The Labute approximate surface area is 110 Å². The molecule has 1 fully saturated rings. The van der Waals surface area contributed by atoms with Crippen molar-refractivity contribution in [2.24, 2.45) is 0 Å². The Morgan fingerprint density at radius 3 is 2.61 bits per heavy atom. The fourth-order valence-corrected chi connectivity index (χ4v) is 4.01. The molecule has 0 N–H and O–H groups in total. The number of rotatable bonds is 5. The summed E-state index contributed by atoms with van der Waals surface area (Å²) in [6, 6.07) is 3.05.